The number of aromatic nitrogens is 2. The maximum absolute atomic E-state index is 13.5. The molecule has 2 heterocycles. The van der Waals surface area contributed by atoms with Crippen molar-refractivity contribution >= 4 is 10.9 Å². The highest BCUT2D eigenvalue weighted by atomic mass is 19.1. The van der Waals surface area contributed by atoms with Gasteiger partial charge < -0.3 is 0 Å². The van der Waals surface area contributed by atoms with Crippen LogP contribution in [0.3, 0.4) is 0 Å². The molecule has 0 N–H and O–H groups in total. The molecule has 178 valence electrons. The van der Waals surface area contributed by atoms with Crippen molar-refractivity contribution < 1.29 is 4.39 Å². The number of hydrogen-bond acceptors (Lipinski definition) is 2. The highest BCUT2D eigenvalue weighted by molar-refractivity contribution is 5.83. The fraction of sp³-hybridized carbons (Fsp3) is 0.219. The van der Waals surface area contributed by atoms with Crippen LogP contribution in [0.15, 0.2) is 103 Å². The SMILES string of the molecule is Cc1cc2c(cnn2-c2ccc(F)cc2)cc1[C@@]12CN(Cc3ccccc3)C[C@@H]1[C@@H]2c1ccccc1. The molecule has 0 spiro atoms. The molecular weight excluding hydrogens is 445 g/mol. The van der Waals surface area contributed by atoms with E-state index in [1.165, 1.54) is 34.4 Å². The molecule has 0 amide bonds. The zero-order valence-electron chi connectivity index (χ0n) is 20.3. The molecular formula is C32H28FN3. The number of hydrogen-bond donors (Lipinski definition) is 0. The summed E-state index contributed by atoms with van der Waals surface area (Å²) in [5, 5.41) is 5.80. The van der Waals surface area contributed by atoms with E-state index in [-0.39, 0.29) is 11.2 Å². The topological polar surface area (TPSA) is 21.1 Å². The molecule has 36 heavy (non-hydrogen) atoms. The summed E-state index contributed by atoms with van der Waals surface area (Å²) in [4.78, 5) is 2.63. The van der Waals surface area contributed by atoms with Crippen LogP contribution in [0, 0.1) is 18.7 Å². The lowest BCUT2D eigenvalue weighted by molar-refractivity contribution is 0.282. The molecule has 3 nitrogen and oxygen atoms in total. The normalized spacial score (nSPS) is 23.2. The summed E-state index contributed by atoms with van der Waals surface area (Å²) >= 11 is 0. The third-order valence-electron chi connectivity index (χ3n) is 8.34. The number of aryl methyl sites for hydroxylation is 1. The molecule has 0 bridgehead atoms. The molecule has 1 aliphatic heterocycles. The summed E-state index contributed by atoms with van der Waals surface area (Å²) < 4.78 is 15.4. The number of piperidine rings is 1. The third kappa shape index (κ3) is 3.32. The Labute approximate surface area is 210 Å². The van der Waals surface area contributed by atoms with Gasteiger partial charge in [-0.2, -0.15) is 5.10 Å². The van der Waals surface area contributed by atoms with E-state index in [4.69, 9.17) is 0 Å². The van der Waals surface area contributed by atoms with Gasteiger partial charge in [0.2, 0.25) is 0 Å². The fourth-order valence-corrected chi connectivity index (χ4v) is 6.79. The van der Waals surface area contributed by atoms with Crippen LogP contribution < -0.4 is 0 Å². The lowest BCUT2D eigenvalue weighted by Crippen LogP contribution is -2.29. The second-order valence-corrected chi connectivity index (χ2v) is 10.4. The van der Waals surface area contributed by atoms with Crippen LogP contribution in [-0.2, 0) is 12.0 Å². The van der Waals surface area contributed by atoms with E-state index in [1.54, 1.807) is 12.1 Å². The maximum atomic E-state index is 13.5. The van der Waals surface area contributed by atoms with E-state index in [0.717, 1.165) is 36.2 Å². The summed E-state index contributed by atoms with van der Waals surface area (Å²) in [6.07, 6.45) is 1.95. The molecule has 4 aromatic carbocycles. The van der Waals surface area contributed by atoms with Crippen molar-refractivity contribution in [2.24, 2.45) is 5.92 Å². The Morgan fingerprint density at radius 1 is 0.917 bits per heavy atom. The van der Waals surface area contributed by atoms with Crippen molar-refractivity contribution in [3.05, 3.63) is 131 Å². The number of rotatable bonds is 5. The first-order valence-corrected chi connectivity index (χ1v) is 12.7. The van der Waals surface area contributed by atoms with Gasteiger partial charge in [-0.05, 0) is 71.5 Å². The van der Waals surface area contributed by atoms with Gasteiger partial charge in [0.25, 0.3) is 0 Å². The summed E-state index contributed by atoms with van der Waals surface area (Å²) in [5.74, 6) is 0.904. The van der Waals surface area contributed by atoms with Crippen LogP contribution in [0.25, 0.3) is 16.6 Å². The van der Waals surface area contributed by atoms with E-state index in [9.17, 15) is 4.39 Å². The average Bonchev–Trinajstić information content (AvgIpc) is 3.15. The molecule has 2 fully saturated rings. The summed E-state index contributed by atoms with van der Waals surface area (Å²) in [6.45, 7) is 5.40. The molecule has 4 heteroatoms. The van der Waals surface area contributed by atoms with E-state index >= 15 is 0 Å². The summed E-state index contributed by atoms with van der Waals surface area (Å²) in [7, 11) is 0. The van der Waals surface area contributed by atoms with Gasteiger partial charge in [0, 0.05) is 36.4 Å². The predicted molar refractivity (Wildman–Crippen MR) is 142 cm³/mol. The molecule has 0 unspecified atom stereocenters. The molecule has 1 aliphatic carbocycles. The van der Waals surface area contributed by atoms with Crippen LogP contribution >= 0.6 is 0 Å². The smallest absolute Gasteiger partial charge is 0.123 e. The Hall–Kier alpha value is -3.76. The van der Waals surface area contributed by atoms with Gasteiger partial charge in [0.05, 0.1) is 17.4 Å². The van der Waals surface area contributed by atoms with Crippen molar-refractivity contribution in [1.82, 2.24) is 14.7 Å². The third-order valence-corrected chi connectivity index (χ3v) is 8.34. The lowest BCUT2D eigenvalue weighted by Gasteiger charge is -2.26. The summed E-state index contributed by atoms with van der Waals surface area (Å²) in [6, 6.07) is 33.0. The second kappa shape index (κ2) is 8.14. The van der Waals surface area contributed by atoms with Gasteiger partial charge in [0.1, 0.15) is 5.82 Å². The molecule has 0 radical (unpaired) electrons. The van der Waals surface area contributed by atoms with Crippen molar-refractivity contribution in [3.63, 3.8) is 0 Å². The zero-order valence-corrected chi connectivity index (χ0v) is 20.3. The van der Waals surface area contributed by atoms with Crippen LogP contribution in [0.2, 0.25) is 0 Å². The molecule has 1 aromatic heterocycles. The Kier molecular flexibility index (Phi) is 4.87. The minimum atomic E-state index is -0.235. The molecule has 7 rings (SSSR count). The molecule has 1 saturated carbocycles. The van der Waals surface area contributed by atoms with Gasteiger partial charge in [-0.25, -0.2) is 9.07 Å². The van der Waals surface area contributed by atoms with Crippen molar-refractivity contribution in [1.29, 1.82) is 0 Å². The number of fused-ring (bicyclic) bond motifs is 2. The zero-order chi connectivity index (χ0) is 24.3. The van der Waals surface area contributed by atoms with Crippen molar-refractivity contribution in [2.45, 2.75) is 24.8 Å². The van der Waals surface area contributed by atoms with Crippen LogP contribution in [0.1, 0.15) is 28.2 Å². The van der Waals surface area contributed by atoms with Gasteiger partial charge in [-0.1, -0.05) is 60.7 Å². The lowest BCUT2D eigenvalue weighted by atomic mass is 9.86. The van der Waals surface area contributed by atoms with Crippen LogP contribution in [0.4, 0.5) is 4.39 Å². The largest absolute Gasteiger partial charge is 0.298 e. The number of benzene rings is 4. The first-order chi connectivity index (χ1) is 17.6. The van der Waals surface area contributed by atoms with Gasteiger partial charge >= 0.3 is 0 Å². The van der Waals surface area contributed by atoms with Crippen LogP contribution in [-0.4, -0.2) is 27.8 Å². The molecule has 1 saturated heterocycles. The Morgan fingerprint density at radius 3 is 2.39 bits per heavy atom. The number of likely N-dealkylation sites (tertiary alicyclic amines) is 1. The average molecular weight is 474 g/mol. The van der Waals surface area contributed by atoms with E-state index < -0.39 is 0 Å². The maximum Gasteiger partial charge on any atom is 0.123 e. The standard InChI is InChI=1S/C32H28FN3/c1-22-16-30-25(18-34-36(30)27-14-12-26(33)13-15-27)17-28(22)32-21-35(19-23-8-4-2-5-9-23)20-29(32)31(32)24-10-6-3-7-11-24/h2-18,29,31H,19-21H2,1H3/t29-,31+,32+/m1/s1. The second-order valence-electron chi connectivity index (χ2n) is 10.4. The van der Waals surface area contributed by atoms with E-state index in [1.807, 2.05) is 10.9 Å². The highest BCUT2D eigenvalue weighted by Gasteiger charge is 2.70. The molecule has 3 atom stereocenters. The van der Waals surface area contributed by atoms with Crippen molar-refractivity contribution in [2.75, 3.05) is 13.1 Å². The Bertz CT molecular complexity index is 1540. The molecule has 2 aliphatic rings. The first kappa shape index (κ1) is 21.5. The highest BCUT2D eigenvalue weighted by Crippen LogP contribution is 2.69. The van der Waals surface area contributed by atoms with E-state index in [2.05, 4.69) is 89.7 Å². The Balaban J connectivity index is 1.29. The predicted octanol–water partition coefficient (Wildman–Crippen LogP) is 6.64. The number of nitrogens with zero attached hydrogens (tertiary/aromatic N) is 3. The number of halogens is 1. The van der Waals surface area contributed by atoms with Gasteiger partial charge in [-0.15, -0.1) is 0 Å². The molecule has 5 aromatic rings. The van der Waals surface area contributed by atoms with Gasteiger partial charge in [-0.3, -0.25) is 4.90 Å². The first-order valence-electron chi connectivity index (χ1n) is 12.7. The van der Waals surface area contributed by atoms with Crippen molar-refractivity contribution in [3.8, 4) is 5.69 Å². The van der Waals surface area contributed by atoms with Crippen LogP contribution in [0.5, 0.6) is 0 Å². The minimum absolute atomic E-state index is 0.117. The monoisotopic (exact) mass is 473 g/mol. The Morgan fingerprint density at radius 2 is 1.64 bits per heavy atom. The quantitative estimate of drug-likeness (QED) is 0.285. The minimum Gasteiger partial charge on any atom is -0.298 e. The van der Waals surface area contributed by atoms with Gasteiger partial charge in [0.15, 0.2) is 0 Å². The summed E-state index contributed by atoms with van der Waals surface area (Å²) in [5.41, 5.74) is 7.62. The fourth-order valence-electron chi connectivity index (χ4n) is 6.79. The van der Waals surface area contributed by atoms with E-state index in [0.29, 0.717) is 11.8 Å².